The molecule has 0 radical (unpaired) electrons. The Morgan fingerprint density at radius 2 is 2.00 bits per heavy atom. The number of carbonyl (C=O) groups is 2. The average Bonchev–Trinajstić information content (AvgIpc) is 2.96. The SMILES string of the molecule is CCCc1nc(C(=O)Nc2ccccc2C(=O)NC)n[nH]1. The highest BCUT2D eigenvalue weighted by Crippen LogP contribution is 2.15. The van der Waals surface area contributed by atoms with E-state index >= 15 is 0 Å². The summed E-state index contributed by atoms with van der Waals surface area (Å²) in [7, 11) is 1.53. The number of nitrogens with zero attached hydrogens (tertiary/aromatic N) is 2. The van der Waals surface area contributed by atoms with Crippen molar-refractivity contribution in [3.63, 3.8) is 0 Å². The van der Waals surface area contributed by atoms with E-state index in [0.29, 0.717) is 17.1 Å². The summed E-state index contributed by atoms with van der Waals surface area (Å²) in [6.07, 6.45) is 1.64. The zero-order valence-electron chi connectivity index (χ0n) is 11.9. The van der Waals surface area contributed by atoms with E-state index < -0.39 is 5.91 Å². The van der Waals surface area contributed by atoms with E-state index in [0.717, 1.165) is 12.8 Å². The van der Waals surface area contributed by atoms with E-state index in [4.69, 9.17) is 0 Å². The lowest BCUT2D eigenvalue weighted by molar-refractivity contribution is 0.0964. The number of H-pyrrole nitrogens is 1. The molecule has 0 saturated heterocycles. The number of hydrogen-bond donors (Lipinski definition) is 3. The van der Waals surface area contributed by atoms with Crippen molar-refractivity contribution in [2.45, 2.75) is 19.8 Å². The highest BCUT2D eigenvalue weighted by Gasteiger charge is 2.16. The summed E-state index contributed by atoms with van der Waals surface area (Å²) in [6.45, 7) is 2.02. The van der Waals surface area contributed by atoms with Gasteiger partial charge in [0, 0.05) is 13.5 Å². The third-order valence-electron chi connectivity index (χ3n) is 2.87. The number of hydrogen-bond acceptors (Lipinski definition) is 4. The number of aromatic nitrogens is 3. The zero-order chi connectivity index (χ0) is 15.2. The summed E-state index contributed by atoms with van der Waals surface area (Å²) < 4.78 is 0. The molecule has 2 amide bonds. The molecule has 1 heterocycles. The minimum atomic E-state index is -0.454. The molecule has 0 spiro atoms. The molecular formula is C14H17N5O2. The largest absolute Gasteiger partial charge is 0.355 e. The standard InChI is InChI=1S/C14H17N5O2/c1-3-6-11-17-12(19-18-11)14(21)16-10-8-5-4-7-9(10)13(20)15-2/h4-5,7-8H,3,6H2,1-2H3,(H,15,20)(H,16,21)(H,17,18,19). The predicted octanol–water partition coefficient (Wildman–Crippen LogP) is 1.37. The van der Waals surface area contributed by atoms with Crippen LogP contribution in [0, 0.1) is 0 Å². The van der Waals surface area contributed by atoms with Gasteiger partial charge in [-0.25, -0.2) is 4.98 Å². The van der Waals surface area contributed by atoms with Crippen LogP contribution in [-0.2, 0) is 6.42 Å². The molecule has 0 atom stereocenters. The first kappa shape index (κ1) is 14.7. The fourth-order valence-electron chi connectivity index (χ4n) is 1.85. The van der Waals surface area contributed by atoms with Gasteiger partial charge in [0.25, 0.3) is 11.8 Å². The molecule has 0 aliphatic carbocycles. The second-order valence-corrected chi connectivity index (χ2v) is 4.43. The summed E-state index contributed by atoms with van der Waals surface area (Å²) in [5.41, 5.74) is 0.807. The Hall–Kier alpha value is -2.70. The second-order valence-electron chi connectivity index (χ2n) is 4.43. The lowest BCUT2D eigenvalue weighted by Gasteiger charge is -2.08. The van der Waals surface area contributed by atoms with Crippen LogP contribution in [-0.4, -0.2) is 34.0 Å². The van der Waals surface area contributed by atoms with E-state index in [1.807, 2.05) is 6.92 Å². The van der Waals surface area contributed by atoms with Crippen LogP contribution in [0.4, 0.5) is 5.69 Å². The van der Waals surface area contributed by atoms with Crippen LogP contribution in [0.25, 0.3) is 0 Å². The van der Waals surface area contributed by atoms with Gasteiger partial charge in [0.1, 0.15) is 5.82 Å². The lowest BCUT2D eigenvalue weighted by atomic mass is 10.1. The Labute approximate surface area is 122 Å². The fraction of sp³-hybridized carbons (Fsp3) is 0.286. The number of aromatic amines is 1. The van der Waals surface area contributed by atoms with Crippen LogP contribution in [0.1, 0.15) is 40.1 Å². The van der Waals surface area contributed by atoms with Gasteiger partial charge in [-0.15, -0.1) is 5.10 Å². The van der Waals surface area contributed by atoms with Crippen molar-refractivity contribution >= 4 is 17.5 Å². The van der Waals surface area contributed by atoms with Crippen molar-refractivity contribution < 1.29 is 9.59 Å². The fourth-order valence-corrected chi connectivity index (χ4v) is 1.85. The number of carbonyl (C=O) groups excluding carboxylic acids is 2. The van der Waals surface area contributed by atoms with Crippen LogP contribution < -0.4 is 10.6 Å². The molecule has 7 nitrogen and oxygen atoms in total. The second kappa shape index (κ2) is 6.65. The maximum absolute atomic E-state index is 12.1. The molecule has 7 heteroatoms. The quantitative estimate of drug-likeness (QED) is 0.773. The Balaban J connectivity index is 2.17. The van der Waals surface area contributed by atoms with E-state index in [2.05, 4.69) is 25.8 Å². The van der Waals surface area contributed by atoms with Gasteiger partial charge in [-0.3, -0.25) is 14.7 Å². The Bertz CT molecular complexity index is 650. The van der Waals surface area contributed by atoms with Crippen LogP contribution in [0.2, 0.25) is 0 Å². The molecule has 0 aliphatic rings. The smallest absolute Gasteiger partial charge is 0.295 e. The van der Waals surface area contributed by atoms with Crippen molar-refractivity contribution in [3.05, 3.63) is 41.5 Å². The monoisotopic (exact) mass is 287 g/mol. The van der Waals surface area contributed by atoms with Gasteiger partial charge in [0.05, 0.1) is 11.3 Å². The van der Waals surface area contributed by atoms with Crippen LogP contribution in [0.5, 0.6) is 0 Å². The van der Waals surface area contributed by atoms with Gasteiger partial charge < -0.3 is 10.6 Å². The van der Waals surface area contributed by atoms with Gasteiger partial charge in [-0.05, 0) is 18.6 Å². The van der Waals surface area contributed by atoms with Gasteiger partial charge in [-0.1, -0.05) is 19.1 Å². The molecule has 0 unspecified atom stereocenters. The van der Waals surface area contributed by atoms with E-state index in [-0.39, 0.29) is 11.7 Å². The van der Waals surface area contributed by atoms with Crippen molar-refractivity contribution in [2.75, 3.05) is 12.4 Å². The molecule has 0 aliphatic heterocycles. The number of benzene rings is 1. The number of nitrogens with one attached hydrogen (secondary N) is 3. The van der Waals surface area contributed by atoms with Crippen molar-refractivity contribution in [2.24, 2.45) is 0 Å². The molecule has 0 saturated carbocycles. The maximum Gasteiger partial charge on any atom is 0.295 e. The zero-order valence-corrected chi connectivity index (χ0v) is 11.9. The first-order chi connectivity index (χ1) is 10.2. The third-order valence-corrected chi connectivity index (χ3v) is 2.87. The predicted molar refractivity (Wildman–Crippen MR) is 78.2 cm³/mol. The molecule has 110 valence electrons. The third kappa shape index (κ3) is 3.44. The summed E-state index contributed by atoms with van der Waals surface area (Å²) >= 11 is 0. The molecule has 0 fully saturated rings. The van der Waals surface area contributed by atoms with E-state index in [1.54, 1.807) is 24.3 Å². The summed E-state index contributed by atoms with van der Waals surface area (Å²) in [5.74, 6) is 0.00455. The molecule has 2 aromatic rings. The van der Waals surface area contributed by atoms with Crippen LogP contribution >= 0.6 is 0 Å². The number of amides is 2. The summed E-state index contributed by atoms with van der Waals surface area (Å²) in [5, 5.41) is 11.8. The molecule has 0 bridgehead atoms. The normalized spacial score (nSPS) is 10.2. The number of para-hydroxylation sites is 1. The highest BCUT2D eigenvalue weighted by atomic mass is 16.2. The molecular weight excluding hydrogens is 270 g/mol. The molecule has 3 N–H and O–H groups in total. The molecule has 1 aromatic heterocycles. The number of aryl methyl sites for hydroxylation is 1. The van der Waals surface area contributed by atoms with E-state index in [9.17, 15) is 9.59 Å². The molecule has 1 aromatic carbocycles. The first-order valence-corrected chi connectivity index (χ1v) is 6.69. The minimum absolute atomic E-state index is 0.0603. The lowest BCUT2D eigenvalue weighted by Crippen LogP contribution is -2.22. The van der Waals surface area contributed by atoms with Gasteiger partial charge in [0.15, 0.2) is 0 Å². The Morgan fingerprint density at radius 1 is 1.24 bits per heavy atom. The van der Waals surface area contributed by atoms with Crippen molar-refractivity contribution in [3.8, 4) is 0 Å². The topological polar surface area (TPSA) is 99.8 Å². The molecule has 2 rings (SSSR count). The van der Waals surface area contributed by atoms with Gasteiger partial charge in [0.2, 0.25) is 5.82 Å². The summed E-state index contributed by atoms with van der Waals surface area (Å²) in [4.78, 5) is 28.0. The number of anilines is 1. The van der Waals surface area contributed by atoms with E-state index in [1.165, 1.54) is 7.05 Å². The van der Waals surface area contributed by atoms with Gasteiger partial charge in [-0.2, -0.15) is 0 Å². The minimum Gasteiger partial charge on any atom is -0.355 e. The first-order valence-electron chi connectivity index (χ1n) is 6.69. The number of rotatable bonds is 5. The maximum atomic E-state index is 12.1. The van der Waals surface area contributed by atoms with Gasteiger partial charge >= 0.3 is 0 Å². The van der Waals surface area contributed by atoms with Crippen molar-refractivity contribution in [1.82, 2.24) is 20.5 Å². The van der Waals surface area contributed by atoms with Crippen LogP contribution in [0.3, 0.4) is 0 Å². The average molecular weight is 287 g/mol. The Kier molecular flexibility index (Phi) is 4.65. The van der Waals surface area contributed by atoms with Crippen molar-refractivity contribution in [1.29, 1.82) is 0 Å². The molecule has 21 heavy (non-hydrogen) atoms. The Morgan fingerprint density at radius 3 is 2.71 bits per heavy atom. The van der Waals surface area contributed by atoms with Crippen LogP contribution in [0.15, 0.2) is 24.3 Å². The summed E-state index contributed by atoms with van der Waals surface area (Å²) in [6, 6.07) is 6.76. The highest BCUT2D eigenvalue weighted by molar-refractivity contribution is 6.07.